The Kier molecular flexibility index (Phi) is 4.13. The average molecular weight is 293 g/mol. The van der Waals surface area contributed by atoms with Crippen LogP contribution >= 0.6 is 11.8 Å². The largest absolute Gasteiger partial charge is 0.481 e. The van der Waals surface area contributed by atoms with Gasteiger partial charge in [0.1, 0.15) is 0 Å². The third-order valence-corrected chi connectivity index (χ3v) is 4.45. The van der Waals surface area contributed by atoms with Gasteiger partial charge < -0.3 is 5.11 Å². The summed E-state index contributed by atoms with van der Waals surface area (Å²) in [6.45, 7) is 3.87. The Morgan fingerprint density at radius 2 is 2.05 bits per heavy atom. The van der Waals surface area contributed by atoms with Crippen LogP contribution in [0.3, 0.4) is 0 Å². The molecule has 0 radical (unpaired) electrons. The van der Waals surface area contributed by atoms with Crippen molar-refractivity contribution in [3.05, 3.63) is 29.3 Å². The van der Waals surface area contributed by atoms with Crippen LogP contribution in [0, 0.1) is 13.8 Å². The molecule has 1 atom stereocenters. The van der Waals surface area contributed by atoms with Crippen molar-refractivity contribution >= 4 is 35.2 Å². The number of anilines is 1. The molecule has 20 heavy (non-hydrogen) atoms. The smallest absolute Gasteiger partial charge is 0.313 e. The number of carboxylic acids is 1. The van der Waals surface area contributed by atoms with Crippen molar-refractivity contribution in [2.45, 2.75) is 25.5 Å². The lowest BCUT2D eigenvalue weighted by atomic mass is 10.1. The maximum atomic E-state index is 12.2. The minimum atomic E-state index is -0.986. The molecule has 2 rings (SSSR count). The first-order chi connectivity index (χ1) is 9.40. The van der Waals surface area contributed by atoms with E-state index in [0.717, 1.165) is 27.8 Å². The van der Waals surface area contributed by atoms with E-state index in [-0.39, 0.29) is 24.0 Å². The lowest BCUT2D eigenvalue weighted by Gasteiger charge is -2.16. The quantitative estimate of drug-likeness (QED) is 0.856. The van der Waals surface area contributed by atoms with Crippen molar-refractivity contribution in [3.63, 3.8) is 0 Å². The number of hydrogen-bond acceptors (Lipinski definition) is 4. The summed E-state index contributed by atoms with van der Waals surface area (Å²) in [5.74, 6) is -1.77. The zero-order valence-electron chi connectivity index (χ0n) is 11.3. The number of benzene rings is 1. The van der Waals surface area contributed by atoms with Crippen LogP contribution in [0.15, 0.2) is 18.2 Å². The average Bonchev–Trinajstić information content (AvgIpc) is 2.65. The molecule has 1 unspecified atom stereocenters. The SMILES string of the molecule is Cc1ccc(N2C(=O)CC(SCC(=O)O)C2=O)cc1C. The molecule has 5 nitrogen and oxygen atoms in total. The predicted molar refractivity (Wildman–Crippen MR) is 76.9 cm³/mol. The van der Waals surface area contributed by atoms with Crippen LogP contribution < -0.4 is 4.90 Å². The van der Waals surface area contributed by atoms with Crippen LogP contribution in [0.1, 0.15) is 17.5 Å². The van der Waals surface area contributed by atoms with E-state index < -0.39 is 11.2 Å². The van der Waals surface area contributed by atoms with E-state index in [1.807, 2.05) is 19.9 Å². The molecule has 6 heteroatoms. The van der Waals surface area contributed by atoms with Gasteiger partial charge in [0.15, 0.2) is 0 Å². The van der Waals surface area contributed by atoms with Gasteiger partial charge in [-0.05, 0) is 37.1 Å². The number of nitrogens with zero attached hydrogens (tertiary/aromatic N) is 1. The molecule has 1 heterocycles. The number of imide groups is 1. The number of thioether (sulfide) groups is 1. The Morgan fingerprint density at radius 3 is 2.65 bits per heavy atom. The highest BCUT2D eigenvalue weighted by Crippen LogP contribution is 2.30. The molecule has 0 bridgehead atoms. The molecule has 2 amide bonds. The third-order valence-electron chi connectivity index (χ3n) is 3.26. The summed E-state index contributed by atoms with van der Waals surface area (Å²) >= 11 is 0.998. The molecule has 1 aliphatic heterocycles. The Morgan fingerprint density at radius 1 is 1.35 bits per heavy atom. The van der Waals surface area contributed by atoms with Crippen molar-refractivity contribution in [2.75, 3.05) is 10.7 Å². The summed E-state index contributed by atoms with van der Waals surface area (Å²) in [6.07, 6.45) is 0.0592. The molecule has 1 fully saturated rings. The fraction of sp³-hybridized carbons (Fsp3) is 0.357. The van der Waals surface area contributed by atoms with Gasteiger partial charge >= 0.3 is 5.97 Å². The van der Waals surface area contributed by atoms with E-state index in [0.29, 0.717) is 5.69 Å². The van der Waals surface area contributed by atoms with Gasteiger partial charge in [-0.15, -0.1) is 11.8 Å². The lowest BCUT2D eigenvalue weighted by molar-refractivity contribution is -0.134. The Labute approximate surface area is 121 Å². The third kappa shape index (κ3) is 2.85. The molecule has 0 spiro atoms. The highest BCUT2D eigenvalue weighted by Gasteiger charge is 2.40. The molecular weight excluding hydrogens is 278 g/mol. The number of hydrogen-bond donors (Lipinski definition) is 1. The van der Waals surface area contributed by atoms with Crippen LogP contribution in [-0.2, 0) is 14.4 Å². The van der Waals surface area contributed by atoms with E-state index in [1.165, 1.54) is 0 Å². The minimum Gasteiger partial charge on any atom is -0.481 e. The summed E-state index contributed by atoms with van der Waals surface area (Å²) in [6, 6.07) is 5.40. The summed E-state index contributed by atoms with van der Waals surface area (Å²) in [5.41, 5.74) is 2.65. The van der Waals surface area contributed by atoms with Gasteiger partial charge in [-0.1, -0.05) is 6.07 Å². The van der Waals surface area contributed by atoms with Gasteiger partial charge in [0.05, 0.1) is 16.7 Å². The Bertz CT molecular complexity index is 585. The molecular formula is C14H15NO4S. The van der Waals surface area contributed by atoms with Crippen LogP contribution in [0.25, 0.3) is 0 Å². The first kappa shape index (κ1) is 14.6. The predicted octanol–water partition coefficient (Wildman–Crippen LogP) is 1.75. The van der Waals surface area contributed by atoms with Crippen molar-refractivity contribution in [1.29, 1.82) is 0 Å². The van der Waals surface area contributed by atoms with Crippen LogP contribution in [0.5, 0.6) is 0 Å². The molecule has 1 aromatic rings. The van der Waals surface area contributed by atoms with Gasteiger partial charge in [-0.25, -0.2) is 4.90 Å². The molecule has 1 saturated heterocycles. The van der Waals surface area contributed by atoms with Crippen LogP contribution in [0.4, 0.5) is 5.69 Å². The number of carboxylic acid groups (broad SMARTS) is 1. The first-order valence-electron chi connectivity index (χ1n) is 6.17. The second kappa shape index (κ2) is 5.66. The van der Waals surface area contributed by atoms with E-state index in [4.69, 9.17) is 5.11 Å². The lowest BCUT2D eigenvalue weighted by Crippen LogP contribution is -2.31. The normalized spacial score (nSPS) is 18.7. The molecule has 1 N–H and O–H groups in total. The van der Waals surface area contributed by atoms with Crippen molar-refractivity contribution in [2.24, 2.45) is 0 Å². The number of aliphatic carboxylic acids is 1. The number of rotatable bonds is 4. The summed E-state index contributed by atoms with van der Waals surface area (Å²) < 4.78 is 0. The van der Waals surface area contributed by atoms with Crippen molar-refractivity contribution in [3.8, 4) is 0 Å². The highest BCUT2D eigenvalue weighted by atomic mass is 32.2. The first-order valence-corrected chi connectivity index (χ1v) is 7.22. The van der Waals surface area contributed by atoms with E-state index in [9.17, 15) is 14.4 Å². The van der Waals surface area contributed by atoms with Gasteiger partial charge in [0.25, 0.3) is 0 Å². The number of carbonyl (C=O) groups excluding carboxylic acids is 2. The van der Waals surface area contributed by atoms with Crippen molar-refractivity contribution < 1.29 is 19.5 Å². The van der Waals surface area contributed by atoms with Crippen molar-refractivity contribution in [1.82, 2.24) is 0 Å². The molecule has 0 aliphatic carbocycles. The zero-order chi connectivity index (χ0) is 14.9. The Balaban J connectivity index is 2.20. The van der Waals surface area contributed by atoms with Crippen LogP contribution in [-0.4, -0.2) is 33.9 Å². The fourth-order valence-electron chi connectivity index (χ4n) is 2.04. The fourth-order valence-corrected chi connectivity index (χ4v) is 2.89. The number of amides is 2. The maximum Gasteiger partial charge on any atom is 0.313 e. The van der Waals surface area contributed by atoms with Gasteiger partial charge in [0, 0.05) is 6.42 Å². The molecule has 1 aliphatic rings. The second-order valence-corrected chi connectivity index (χ2v) is 5.92. The van der Waals surface area contributed by atoms with E-state index in [1.54, 1.807) is 12.1 Å². The highest BCUT2D eigenvalue weighted by molar-refractivity contribution is 8.01. The molecule has 106 valence electrons. The maximum absolute atomic E-state index is 12.2. The minimum absolute atomic E-state index is 0.0592. The van der Waals surface area contributed by atoms with E-state index in [2.05, 4.69) is 0 Å². The van der Waals surface area contributed by atoms with Gasteiger partial charge in [-0.3, -0.25) is 14.4 Å². The van der Waals surface area contributed by atoms with Gasteiger partial charge in [-0.2, -0.15) is 0 Å². The second-order valence-electron chi connectivity index (χ2n) is 4.73. The number of aryl methyl sites for hydroxylation is 2. The van der Waals surface area contributed by atoms with Crippen LogP contribution in [0.2, 0.25) is 0 Å². The summed E-state index contributed by atoms with van der Waals surface area (Å²) in [5, 5.41) is 8.05. The molecule has 0 saturated carbocycles. The molecule has 0 aromatic heterocycles. The molecule has 1 aromatic carbocycles. The standard InChI is InChI=1S/C14H15NO4S/c1-8-3-4-10(5-9(8)2)15-12(16)6-11(14(15)19)20-7-13(17)18/h3-5,11H,6-7H2,1-2H3,(H,17,18). The monoisotopic (exact) mass is 293 g/mol. The zero-order valence-corrected chi connectivity index (χ0v) is 12.1. The van der Waals surface area contributed by atoms with E-state index >= 15 is 0 Å². The summed E-state index contributed by atoms with van der Waals surface area (Å²) in [4.78, 5) is 35.9. The summed E-state index contributed by atoms with van der Waals surface area (Å²) in [7, 11) is 0. The Hall–Kier alpha value is -1.82. The topological polar surface area (TPSA) is 74.7 Å². The van der Waals surface area contributed by atoms with Gasteiger partial charge in [0.2, 0.25) is 11.8 Å². The number of carbonyl (C=O) groups is 3.